The van der Waals surface area contributed by atoms with Crippen molar-refractivity contribution < 1.29 is 27.9 Å². The molecule has 0 aromatic rings. The number of ether oxygens (including phenoxy) is 1. The summed E-state index contributed by atoms with van der Waals surface area (Å²) >= 11 is 0. The quantitative estimate of drug-likeness (QED) is 0.560. The molecule has 0 heterocycles. The van der Waals surface area contributed by atoms with Crippen molar-refractivity contribution in [3.05, 3.63) is 0 Å². The van der Waals surface area contributed by atoms with Gasteiger partial charge in [-0.1, -0.05) is 0 Å². The first-order chi connectivity index (χ1) is 7.70. The third-order valence-corrected chi connectivity index (χ3v) is 3.48. The first-order valence-electron chi connectivity index (χ1n) is 4.70. The zero-order valence-electron chi connectivity index (χ0n) is 9.84. The maximum absolute atomic E-state index is 11.4. The molecule has 100 valence electrons. The molecule has 8 nitrogen and oxygen atoms in total. The highest BCUT2D eigenvalue weighted by molar-refractivity contribution is 7.87. The minimum absolute atomic E-state index is 0.172. The zero-order chi connectivity index (χ0) is 13.6. The van der Waals surface area contributed by atoms with Crippen molar-refractivity contribution in [3.63, 3.8) is 0 Å². The van der Waals surface area contributed by atoms with Gasteiger partial charge in [0.25, 0.3) is 10.2 Å². The van der Waals surface area contributed by atoms with Gasteiger partial charge in [0.15, 0.2) is 0 Å². The highest BCUT2D eigenvalue weighted by atomic mass is 32.2. The van der Waals surface area contributed by atoms with E-state index in [2.05, 4.69) is 4.74 Å². The van der Waals surface area contributed by atoms with Gasteiger partial charge < -0.3 is 9.84 Å². The average Bonchev–Trinajstić information content (AvgIpc) is 2.22. The lowest BCUT2D eigenvalue weighted by Gasteiger charge is -2.17. The van der Waals surface area contributed by atoms with Crippen LogP contribution < -0.4 is 4.72 Å². The molecule has 0 spiro atoms. The fourth-order valence-corrected chi connectivity index (χ4v) is 1.67. The molecular weight excluding hydrogens is 252 g/mol. The van der Waals surface area contributed by atoms with E-state index < -0.39 is 28.2 Å². The monoisotopic (exact) mass is 268 g/mol. The molecule has 0 aliphatic heterocycles. The predicted octanol–water partition coefficient (Wildman–Crippen LogP) is -1.21. The Kier molecular flexibility index (Phi) is 6.07. The summed E-state index contributed by atoms with van der Waals surface area (Å²) in [6.07, 6.45) is -0.349. The van der Waals surface area contributed by atoms with E-state index in [1.54, 1.807) is 0 Å². The van der Waals surface area contributed by atoms with Gasteiger partial charge in [-0.3, -0.25) is 9.59 Å². The van der Waals surface area contributed by atoms with Gasteiger partial charge in [0, 0.05) is 20.5 Å². The number of nitrogens with zero attached hydrogens (tertiary/aromatic N) is 1. The summed E-state index contributed by atoms with van der Waals surface area (Å²) in [5, 5.41) is 8.81. The van der Waals surface area contributed by atoms with E-state index in [1.165, 1.54) is 21.2 Å². The van der Waals surface area contributed by atoms with Crippen molar-refractivity contribution in [1.82, 2.24) is 9.03 Å². The summed E-state index contributed by atoms with van der Waals surface area (Å²) in [6.45, 7) is 0. The van der Waals surface area contributed by atoms with Crippen LogP contribution in [-0.2, 0) is 24.5 Å². The van der Waals surface area contributed by atoms with E-state index >= 15 is 0 Å². The van der Waals surface area contributed by atoms with Crippen LogP contribution in [0.15, 0.2) is 0 Å². The lowest BCUT2D eigenvalue weighted by Crippen LogP contribution is -2.46. The maximum atomic E-state index is 11.4. The van der Waals surface area contributed by atoms with Crippen LogP contribution in [0.4, 0.5) is 0 Å². The van der Waals surface area contributed by atoms with Crippen LogP contribution in [0.5, 0.6) is 0 Å². The van der Waals surface area contributed by atoms with E-state index in [0.717, 1.165) is 4.31 Å². The summed E-state index contributed by atoms with van der Waals surface area (Å²) in [7, 11) is -0.147. The minimum atomic E-state index is -3.85. The van der Waals surface area contributed by atoms with Crippen LogP contribution in [0.2, 0.25) is 0 Å². The van der Waals surface area contributed by atoms with E-state index in [1.807, 2.05) is 4.72 Å². The summed E-state index contributed by atoms with van der Waals surface area (Å²) in [4.78, 5) is 21.6. The van der Waals surface area contributed by atoms with Crippen LogP contribution in [0.1, 0.15) is 12.8 Å². The van der Waals surface area contributed by atoms with Crippen LogP contribution in [0.3, 0.4) is 0 Å². The molecule has 0 saturated carbocycles. The molecule has 0 aromatic heterocycles. The Bertz CT molecular complexity index is 377. The molecule has 0 aliphatic rings. The summed E-state index contributed by atoms with van der Waals surface area (Å²) < 4.78 is 29.9. The second kappa shape index (κ2) is 6.52. The lowest BCUT2D eigenvalue weighted by atomic mass is 10.2. The topological polar surface area (TPSA) is 113 Å². The van der Waals surface area contributed by atoms with E-state index in [-0.39, 0.29) is 12.8 Å². The highest BCUT2D eigenvalue weighted by Gasteiger charge is 2.25. The number of methoxy groups -OCH3 is 1. The number of esters is 1. The van der Waals surface area contributed by atoms with Gasteiger partial charge in [-0.2, -0.15) is 17.4 Å². The molecule has 2 N–H and O–H groups in total. The fourth-order valence-electron chi connectivity index (χ4n) is 0.882. The summed E-state index contributed by atoms with van der Waals surface area (Å²) in [5.74, 6) is -1.94. The second-order valence-corrected chi connectivity index (χ2v) is 5.33. The first-order valence-corrected chi connectivity index (χ1v) is 6.14. The fraction of sp³-hybridized carbons (Fsp3) is 0.750. The molecule has 0 aromatic carbocycles. The summed E-state index contributed by atoms with van der Waals surface area (Å²) in [6, 6.07) is -1.36. The van der Waals surface area contributed by atoms with E-state index in [4.69, 9.17) is 5.11 Å². The molecule has 1 atom stereocenters. The van der Waals surface area contributed by atoms with Gasteiger partial charge in [-0.25, -0.2) is 0 Å². The molecule has 9 heteroatoms. The molecule has 0 fully saturated rings. The van der Waals surface area contributed by atoms with E-state index in [0.29, 0.717) is 0 Å². The van der Waals surface area contributed by atoms with Gasteiger partial charge in [0.05, 0.1) is 7.11 Å². The third-order valence-electron chi connectivity index (χ3n) is 1.93. The molecule has 0 radical (unpaired) electrons. The van der Waals surface area contributed by atoms with E-state index in [9.17, 15) is 18.0 Å². The Labute approximate surface area is 99.7 Å². The number of carboxylic acid groups (broad SMARTS) is 1. The Balaban J connectivity index is 4.57. The van der Waals surface area contributed by atoms with Gasteiger partial charge in [-0.05, 0) is 6.42 Å². The first kappa shape index (κ1) is 15.8. The van der Waals surface area contributed by atoms with Crippen molar-refractivity contribution in [2.75, 3.05) is 21.2 Å². The normalized spacial score (nSPS) is 13.4. The highest BCUT2D eigenvalue weighted by Crippen LogP contribution is 2.02. The zero-order valence-corrected chi connectivity index (χ0v) is 10.7. The van der Waals surface area contributed by atoms with Gasteiger partial charge in [0.2, 0.25) is 0 Å². The number of hydrogen-bond donors (Lipinski definition) is 2. The lowest BCUT2D eigenvalue weighted by molar-refractivity contribution is -0.142. The number of rotatable bonds is 7. The molecule has 0 rings (SSSR count). The SMILES string of the molecule is COC(=O)CC[C@H](NS(=O)(=O)N(C)C)C(=O)O. The molecule has 0 saturated heterocycles. The van der Waals surface area contributed by atoms with Crippen LogP contribution in [0, 0.1) is 0 Å². The average molecular weight is 268 g/mol. The van der Waals surface area contributed by atoms with Crippen molar-refractivity contribution in [2.24, 2.45) is 0 Å². The number of carbonyl (C=O) groups is 2. The minimum Gasteiger partial charge on any atom is -0.480 e. The Morgan fingerprint density at radius 1 is 1.41 bits per heavy atom. The second-order valence-electron chi connectivity index (χ2n) is 3.41. The number of aliphatic carboxylic acids is 1. The maximum Gasteiger partial charge on any atom is 0.321 e. The number of hydrogen-bond acceptors (Lipinski definition) is 5. The summed E-state index contributed by atoms with van der Waals surface area (Å²) in [5.41, 5.74) is 0. The third kappa shape index (κ3) is 5.61. The molecule has 17 heavy (non-hydrogen) atoms. The Morgan fingerprint density at radius 2 is 1.94 bits per heavy atom. The molecule has 0 aliphatic carbocycles. The van der Waals surface area contributed by atoms with Crippen molar-refractivity contribution in [1.29, 1.82) is 0 Å². The van der Waals surface area contributed by atoms with Gasteiger partial charge in [-0.15, -0.1) is 0 Å². The molecule has 0 bridgehead atoms. The van der Waals surface area contributed by atoms with Crippen molar-refractivity contribution >= 4 is 22.1 Å². The van der Waals surface area contributed by atoms with Crippen LogP contribution in [-0.4, -0.2) is 57.0 Å². The largest absolute Gasteiger partial charge is 0.480 e. The molecular formula is C8H16N2O6S. The number of carboxylic acids is 1. The Hall–Kier alpha value is -1.19. The van der Waals surface area contributed by atoms with Gasteiger partial charge >= 0.3 is 11.9 Å². The number of carbonyl (C=O) groups excluding carboxylic acids is 1. The molecule has 0 amide bonds. The smallest absolute Gasteiger partial charge is 0.321 e. The van der Waals surface area contributed by atoms with Crippen molar-refractivity contribution in [3.8, 4) is 0 Å². The van der Waals surface area contributed by atoms with Crippen LogP contribution >= 0.6 is 0 Å². The van der Waals surface area contributed by atoms with Crippen molar-refractivity contribution in [2.45, 2.75) is 18.9 Å². The van der Waals surface area contributed by atoms with Crippen LogP contribution in [0.25, 0.3) is 0 Å². The predicted molar refractivity (Wildman–Crippen MR) is 58.4 cm³/mol. The molecule has 0 unspecified atom stereocenters. The Morgan fingerprint density at radius 3 is 2.29 bits per heavy atom. The standard InChI is InChI=1S/C8H16N2O6S/c1-10(2)17(14,15)9-6(8(12)13)4-5-7(11)16-3/h6,9H,4-5H2,1-3H3,(H,12,13)/t6-/m0/s1. The number of nitrogens with one attached hydrogen (secondary N) is 1. The van der Waals surface area contributed by atoms with Gasteiger partial charge in [0.1, 0.15) is 6.04 Å².